The minimum atomic E-state index is 0.172. The molecule has 1 heterocycles. The molecule has 2 bridgehead atoms. The second kappa shape index (κ2) is 4.14. The van der Waals surface area contributed by atoms with Crippen LogP contribution in [0.3, 0.4) is 0 Å². The van der Waals surface area contributed by atoms with Crippen LogP contribution in [0.2, 0.25) is 0 Å². The van der Waals surface area contributed by atoms with Gasteiger partial charge in [0.25, 0.3) is 0 Å². The van der Waals surface area contributed by atoms with Gasteiger partial charge in [0.05, 0.1) is 6.10 Å². The van der Waals surface area contributed by atoms with Crippen LogP contribution in [-0.2, 0) is 9.53 Å². The summed E-state index contributed by atoms with van der Waals surface area (Å²) in [5.74, 6) is 3.26. The summed E-state index contributed by atoms with van der Waals surface area (Å²) in [7, 11) is 0. The fraction of sp³-hybridized carbons (Fsp3) is 0.929. The van der Waals surface area contributed by atoms with Crippen molar-refractivity contribution in [3.05, 3.63) is 0 Å². The Bertz CT molecular complexity index is 286. The number of hydrogen-bond acceptors (Lipinski definition) is 2. The van der Waals surface area contributed by atoms with Gasteiger partial charge in [0, 0.05) is 18.9 Å². The molecule has 3 fully saturated rings. The van der Waals surface area contributed by atoms with Gasteiger partial charge in [0.1, 0.15) is 5.78 Å². The first-order valence-corrected chi connectivity index (χ1v) is 6.88. The number of carbonyl (C=O) groups excluding carboxylic acids is 1. The fourth-order valence-electron chi connectivity index (χ4n) is 4.19. The summed E-state index contributed by atoms with van der Waals surface area (Å²) in [6.45, 7) is 2.84. The van der Waals surface area contributed by atoms with Gasteiger partial charge in [-0.1, -0.05) is 6.42 Å². The predicted molar refractivity (Wildman–Crippen MR) is 62.1 cm³/mol. The Morgan fingerprint density at radius 3 is 2.69 bits per heavy atom. The van der Waals surface area contributed by atoms with Crippen molar-refractivity contribution in [3.8, 4) is 0 Å². The Morgan fingerprint density at radius 2 is 2.12 bits per heavy atom. The molecule has 1 aliphatic heterocycles. The van der Waals surface area contributed by atoms with Crippen molar-refractivity contribution in [2.45, 2.75) is 51.6 Å². The lowest BCUT2D eigenvalue weighted by molar-refractivity contribution is -0.125. The first kappa shape index (κ1) is 10.8. The van der Waals surface area contributed by atoms with Gasteiger partial charge in [-0.3, -0.25) is 4.79 Å². The standard InChI is InChI=1S/C14H22O2/c1-9-13(4-5-16-9)14(15)8-12-7-10-2-3-11(12)6-10/h9-13H,2-8H2,1H3. The maximum Gasteiger partial charge on any atom is 0.138 e. The summed E-state index contributed by atoms with van der Waals surface area (Å²) >= 11 is 0. The first-order valence-electron chi connectivity index (χ1n) is 6.88. The molecule has 2 aliphatic carbocycles. The number of ketones is 1. The minimum absolute atomic E-state index is 0.172. The number of hydrogen-bond donors (Lipinski definition) is 0. The van der Waals surface area contributed by atoms with Crippen molar-refractivity contribution < 1.29 is 9.53 Å². The van der Waals surface area contributed by atoms with Crippen molar-refractivity contribution in [1.29, 1.82) is 0 Å². The molecule has 2 saturated carbocycles. The van der Waals surface area contributed by atoms with Gasteiger partial charge < -0.3 is 4.74 Å². The van der Waals surface area contributed by atoms with Gasteiger partial charge in [-0.2, -0.15) is 0 Å². The zero-order valence-electron chi connectivity index (χ0n) is 10.2. The normalized spacial score (nSPS) is 46.4. The summed E-state index contributed by atoms with van der Waals surface area (Å²) in [4.78, 5) is 12.2. The Morgan fingerprint density at radius 1 is 1.25 bits per heavy atom. The van der Waals surface area contributed by atoms with Crippen molar-refractivity contribution in [3.63, 3.8) is 0 Å². The zero-order valence-corrected chi connectivity index (χ0v) is 10.2. The Hall–Kier alpha value is -0.370. The van der Waals surface area contributed by atoms with Crippen LogP contribution in [0.4, 0.5) is 0 Å². The van der Waals surface area contributed by atoms with Crippen LogP contribution >= 0.6 is 0 Å². The van der Waals surface area contributed by atoms with Crippen LogP contribution in [0.5, 0.6) is 0 Å². The molecule has 0 aromatic rings. The predicted octanol–water partition coefficient (Wildman–Crippen LogP) is 2.81. The van der Waals surface area contributed by atoms with E-state index < -0.39 is 0 Å². The number of carbonyl (C=O) groups is 1. The smallest absolute Gasteiger partial charge is 0.138 e. The van der Waals surface area contributed by atoms with E-state index in [9.17, 15) is 4.79 Å². The van der Waals surface area contributed by atoms with Gasteiger partial charge in [0.2, 0.25) is 0 Å². The molecular formula is C14H22O2. The quantitative estimate of drug-likeness (QED) is 0.734. The summed E-state index contributed by atoms with van der Waals surface area (Å²) in [5, 5.41) is 0. The summed E-state index contributed by atoms with van der Waals surface area (Å²) in [6.07, 6.45) is 7.54. The molecule has 5 unspecified atom stereocenters. The van der Waals surface area contributed by atoms with E-state index in [1.807, 2.05) is 0 Å². The third kappa shape index (κ3) is 1.81. The third-order valence-corrected chi connectivity index (χ3v) is 5.14. The van der Waals surface area contributed by atoms with Gasteiger partial charge in [0.15, 0.2) is 0 Å². The van der Waals surface area contributed by atoms with Crippen LogP contribution in [0, 0.1) is 23.7 Å². The van der Waals surface area contributed by atoms with E-state index in [-0.39, 0.29) is 12.0 Å². The number of Topliss-reactive ketones (excluding diaryl/α,β-unsaturated/α-hetero) is 1. The number of fused-ring (bicyclic) bond motifs is 2. The molecule has 0 aromatic heterocycles. The maximum atomic E-state index is 12.2. The highest BCUT2D eigenvalue weighted by molar-refractivity contribution is 5.82. The lowest BCUT2D eigenvalue weighted by atomic mass is 9.82. The molecular weight excluding hydrogens is 200 g/mol. The molecule has 5 atom stereocenters. The van der Waals surface area contributed by atoms with Crippen LogP contribution in [0.15, 0.2) is 0 Å². The van der Waals surface area contributed by atoms with E-state index in [2.05, 4.69) is 6.92 Å². The molecule has 1 saturated heterocycles. The summed E-state index contributed by atoms with van der Waals surface area (Å²) in [5.41, 5.74) is 0. The highest BCUT2D eigenvalue weighted by Crippen LogP contribution is 2.50. The maximum absolute atomic E-state index is 12.2. The number of ether oxygens (including phenoxy) is 1. The second-order valence-electron chi connectivity index (χ2n) is 6.08. The summed E-state index contributed by atoms with van der Waals surface area (Å²) in [6, 6.07) is 0. The zero-order chi connectivity index (χ0) is 11.1. The van der Waals surface area contributed by atoms with Crippen molar-refractivity contribution in [2.75, 3.05) is 6.61 Å². The molecule has 3 rings (SSSR count). The van der Waals surface area contributed by atoms with Gasteiger partial charge in [-0.05, 0) is 50.4 Å². The lowest BCUT2D eigenvalue weighted by Gasteiger charge is -2.22. The third-order valence-electron chi connectivity index (χ3n) is 5.14. The Kier molecular flexibility index (Phi) is 2.78. The van der Waals surface area contributed by atoms with E-state index in [0.717, 1.165) is 37.2 Å². The fourth-order valence-corrected chi connectivity index (χ4v) is 4.19. The molecule has 90 valence electrons. The molecule has 0 N–H and O–H groups in total. The molecule has 3 aliphatic rings. The second-order valence-corrected chi connectivity index (χ2v) is 6.08. The molecule has 0 radical (unpaired) electrons. The van der Waals surface area contributed by atoms with Crippen LogP contribution < -0.4 is 0 Å². The molecule has 16 heavy (non-hydrogen) atoms. The van der Waals surface area contributed by atoms with Gasteiger partial charge in [-0.25, -0.2) is 0 Å². The van der Waals surface area contributed by atoms with E-state index >= 15 is 0 Å². The van der Waals surface area contributed by atoms with Crippen molar-refractivity contribution >= 4 is 5.78 Å². The minimum Gasteiger partial charge on any atom is -0.378 e. The van der Waals surface area contributed by atoms with Crippen LogP contribution in [0.25, 0.3) is 0 Å². The first-order chi connectivity index (χ1) is 7.74. The Labute approximate surface area is 97.7 Å². The van der Waals surface area contributed by atoms with Crippen molar-refractivity contribution in [1.82, 2.24) is 0 Å². The molecule has 0 spiro atoms. The average molecular weight is 222 g/mol. The topological polar surface area (TPSA) is 26.3 Å². The molecule has 0 amide bonds. The lowest BCUT2D eigenvalue weighted by Crippen LogP contribution is -2.25. The highest BCUT2D eigenvalue weighted by Gasteiger charge is 2.41. The summed E-state index contributed by atoms with van der Waals surface area (Å²) < 4.78 is 5.49. The van der Waals surface area contributed by atoms with Gasteiger partial charge >= 0.3 is 0 Å². The van der Waals surface area contributed by atoms with Crippen LogP contribution in [0.1, 0.15) is 45.4 Å². The highest BCUT2D eigenvalue weighted by atomic mass is 16.5. The van der Waals surface area contributed by atoms with Crippen molar-refractivity contribution in [2.24, 2.45) is 23.7 Å². The largest absolute Gasteiger partial charge is 0.378 e. The SMILES string of the molecule is CC1OCCC1C(=O)CC1CC2CCC1C2. The van der Waals surface area contributed by atoms with E-state index in [1.54, 1.807) is 0 Å². The average Bonchev–Trinajstić information content (AvgIpc) is 2.92. The van der Waals surface area contributed by atoms with E-state index in [4.69, 9.17) is 4.74 Å². The molecule has 2 nitrogen and oxygen atoms in total. The van der Waals surface area contributed by atoms with Gasteiger partial charge in [-0.15, -0.1) is 0 Å². The Balaban J connectivity index is 1.56. The molecule has 2 heteroatoms. The van der Waals surface area contributed by atoms with E-state index in [0.29, 0.717) is 5.78 Å². The molecule has 0 aromatic carbocycles. The van der Waals surface area contributed by atoms with E-state index in [1.165, 1.54) is 25.7 Å². The number of rotatable bonds is 3. The van der Waals surface area contributed by atoms with Crippen LogP contribution in [-0.4, -0.2) is 18.5 Å². The monoisotopic (exact) mass is 222 g/mol.